The second-order valence-electron chi connectivity index (χ2n) is 7.07. The molecule has 2 aromatic carbocycles. The van der Waals surface area contributed by atoms with E-state index in [-0.39, 0.29) is 0 Å². The van der Waals surface area contributed by atoms with Crippen molar-refractivity contribution in [1.29, 1.82) is 0 Å². The third-order valence-corrected chi connectivity index (χ3v) is 5.06. The molecule has 4 aromatic rings. The van der Waals surface area contributed by atoms with Crippen LogP contribution in [0.1, 0.15) is 31.4 Å². The van der Waals surface area contributed by atoms with Crippen LogP contribution >= 0.6 is 0 Å². The molecule has 27 heavy (non-hydrogen) atoms. The number of rotatable bonds is 2. The monoisotopic (exact) mass is 362 g/mol. The van der Waals surface area contributed by atoms with Gasteiger partial charge in [-0.15, -0.1) is 0 Å². The number of carboxylic acids is 1. The van der Waals surface area contributed by atoms with Crippen LogP contribution in [-0.2, 0) is 18.4 Å². The van der Waals surface area contributed by atoms with Gasteiger partial charge in [0.05, 0.1) is 5.52 Å². The summed E-state index contributed by atoms with van der Waals surface area (Å²) in [5, 5.41) is 14.4. The molecule has 0 unspecified atom stereocenters. The number of pyridine rings is 1. The van der Waals surface area contributed by atoms with Gasteiger partial charge in [-0.05, 0) is 49.8 Å². The number of benzene rings is 2. The highest BCUT2D eigenvalue weighted by Crippen LogP contribution is 2.38. The van der Waals surface area contributed by atoms with E-state index in [1.54, 1.807) is 0 Å². The lowest BCUT2D eigenvalue weighted by molar-refractivity contribution is -0.670. The van der Waals surface area contributed by atoms with Crippen molar-refractivity contribution >= 4 is 38.5 Å². The first-order valence-electron chi connectivity index (χ1n) is 9.33. The number of carbonyl (C=O) groups excluding carboxylic acids is 1. The van der Waals surface area contributed by atoms with Gasteiger partial charge in [-0.1, -0.05) is 25.1 Å². The molecule has 2 heterocycles. The van der Waals surface area contributed by atoms with Gasteiger partial charge in [0.2, 0.25) is 0 Å². The van der Waals surface area contributed by atoms with Crippen molar-refractivity contribution in [3.8, 4) is 0 Å². The van der Waals surface area contributed by atoms with Crippen molar-refractivity contribution in [2.75, 3.05) is 0 Å². The zero-order valence-corrected chi connectivity index (χ0v) is 16.7. The molecule has 140 valence electrons. The van der Waals surface area contributed by atoms with Crippen LogP contribution in [0.3, 0.4) is 0 Å². The fourth-order valence-electron chi connectivity index (χ4n) is 4.01. The zero-order valence-electron chi connectivity index (χ0n) is 16.7. The minimum Gasteiger partial charge on any atom is -0.550 e. The summed E-state index contributed by atoms with van der Waals surface area (Å²) in [7, 11) is 2.10. The number of hydrogen-bond donors (Lipinski definition) is 0. The van der Waals surface area contributed by atoms with Gasteiger partial charge in [0.25, 0.3) is 0 Å². The van der Waals surface area contributed by atoms with Gasteiger partial charge in [0.1, 0.15) is 7.05 Å². The SMILES string of the molecule is CC(=O)[O-].CCCn1c2ccccc2c2c(C)c3c[n+](C)ccc3c(C)c21. The summed E-state index contributed by atoms with van der Waals surface area (Å²) in [6.45, 7) is 8.84. The summed E-state index contributed by atoms with van der Waals surface area (Å²) in [5.74, 6) is -1.08. The normalized spacial score (nSPS) is 11.0. The Bertz CT molecular complexity index is 1150. The van der Waals surface area contributed by atoms with E-state index in [4.69, 9.17) is 9.90 Å². The van der Waals surface area contributed by atoms with Crippen LogP contribution < -0.4 is 9.67 Å². The van der Waals surface area contributed by atoms with Crippen molar-refractivity contribution in [1.82, 2.24) is 4.57 Å². The van der Waals surface area contributed by atoms with Crippen molar-refractivity contribution in [3.05, 3.63) is 53.9 Å². The molecule has 4 rings (SSSR count). The fraction of sp³-hybridized carbons (Fsp3) is 0.304. The predicted octanol–water partition coefficient (Wildman–Crippen LogP) is 3.56. The van der Waals surface area contributed by atoms with E-state index in [0.29, 0.717) is 0 Å². The van der Waals surface area contributed by atoms with Crippen molar-refractivity contribution in [2.24, 2.45) is 7.05 Å². The summed E-state index contributed by atoms with van der Waals surface area (Å²) in [6, 6.07) is 11.1. The Morgan fingerprint density at radius 2 is 1.74 bits per heavy atom. The number of carbonyl (C=O) groups is 1. The Morgan fingerprint density at radius 3 is 2.41 bits per heavy atom. The van der Waals surface area contributed by atoms with Crippen LogP contribution in [0, 0.1) is 13.8 Å². The largest absolute Gasteiger partial charge is 0.550 e. The van der Waals surface area contributed by atoms with E-state index in [1.807, 2.05) is 0 Å². The van der Waals surface area contributed by atoms with Gasteiger partial charge in [-0.2, -0.15) is 0 Å². The Hall–Kier alpha value is -2.88. The Balaban J connectivity index is 0.000000481. The highest BCUT2D eigenvalue weighted by Gasteiger charge is 2.18. The van der Waals surface area contributed by atoms with Crippen LogP contribution in [0.15, 0.2) is 42.7 Å². The van der Waals surface area contributed by atoms with Crippen molar-refractivity contribution in [3.63, 3.8) is 0 Å². The Morgan fingerprint density at radius 1 is 1.07 bits per heavy atom. The van der Waals surface area contributed by atoms with E-state index in [2.05, 4.69) is 79.7 Å². The standard InChI is InChI=1S/C21H23N2.C2H4O2/c1-5-11-23-19-9-7-6-8-17(19)20-14(2)18-13-22(4)12-10-16(18)15(3)21(20)23;1-2(3)4/h6-10,12-13H,5,11H2,1-4H3;1H3,(H,3,4)/q+1;/p-1. The molecule has 4 heteroatoms. The maximum Gasteiger partial charge on any atom is 0.176 e. The first-order valence-corrected chi connectivity index (χ1v) is 9.33. The van der Waals surface area contributed by atoms with Crippen LogP contribution in [-0.4, -0.2) is 10.5 Å². The molecule has 0 radical (unpaired) electrons. The molecule has 0 amide bonds. The number of para-hydroxylation sites is 1. The lowest BCUT2D eigenvalue weighted by atomic mass is 9.97. The second kappa shape index (κ2) is 7.39. The van der Waals surface area contributed by atoms with Gasteiger partial charge < -0.3 is 14.5 Å². The first kappa shape index (κ1) is 18.9. The maximum absolute atomic E-state index is 8.89. The van der Waals surface area contributed by atoms with E-state index in [9.17, 15) is 0 Å². The van der Waals surface area contributed by atoms with Crippen molar-refractivity contribution < 1.29 is 14.5 Å². The molecule has 0 spiro atoms. The number of aliphatic carboxylic acids is 1. The van der Waals surface area contributed by atoms with Gasteiger partial charge in [0, 0.05) is 40.3 Å². The molecule has 4 nitrogen and oxygen atoms in total. The molecule has 0 aliphatic rings. The number of aryl methyl sites for hydroxylation is 4. The predicted molar refractivity (Wildman–Crippen MR) is 109 cm³/mol. The molecule has 0 atom stereocenters. The highest BCUT2D eigenvalue weighted by molar-refractivity contribution is 6.16. The molecule has 0 fully saturated rings. The molecule has 2 aromatic heterocycles. The zero-order chi connectivity index (χ0) is 19.7. The van der Waals surface area contributed by atoms with Crippen molar-refractivity contribution in [2.45, 2.75) is 40.7 Å². The molecule has 0 aliphatic heterocycles. The summed E-state index contributed by atoms with van der Waals surface area (Å²) in [4.78, 5) is 8.89. The number of aromatic nitrogens is 2. The topological polar surface area (TPSA) is 48.9 Å². The van der Waals surface area contributed by atoms with E-state index >= 15 is 0 Å². The number of fused-ring (bicyclic) bond motifs is 4. The van der Waals surface area contributed by atoms with Crippen LogP contribution in [0.4, 0.5) is 0 Å². The van der Waals surface area contributed by atoms with Gasteiger partial charge >= 0.3 is 0 Å². The second-order valence-corrected chi connectivity index (χ2v) is 7.07. The van der Waals surface area contributed by atoms with Gasteiger partial charge in [-0.25, -0.2) is 4.57 Å². The molecule has 0 bridgehead atoms. The first-order chi connectivity index (χ1) is 12.9. The van der Waals surface area contributed by atoms with E-state index < -0.39 is 5.97 Å². The summed E-state index contributed by atoms with van der Waals surface area (Å²) in [5.41, 5.74) is 5.55. The molecule has 0 saturated heterocycles. The molecular formula is C23H26N2O2. The van der Waals surface area contributed by atoms with Crippen LogP contribution in [0.25, 0.3) is 32.6 Å². The third-order valence-electron chi connectivity index (χ3n) is 5.06. The molecular weight excluding hydrogens is 336 g/mol. The van der Waals surface area contributed by atoms with Gasteiger partial charge in [0.15, 0.2) is 12.4 Å². The lowest BCUT2D eigenvalue weighted by Crippen LogP contribution is -2.26. The minimum absolute atomic E-state index is 0.972. The number of nitrogens with zero attached hydrogens (tertiary/aromatic N) is 2. The quantitative estimate of drug-likeness (QED) is 0.512. The highest BCUT2D eigenvalue weighted by atomic mass is 16.4. The summed E-state index contributed by atoms with van der Waals surface area (Å²) >= 11 is 0. The van der Waals surface area contributed by atoms with E-state index in [1.165, 1.54) is 43.7 Å². The van der Waals surface area contributed by atoms with Crippen LogP contribution in [0.5, 0.6) is 0 Å². The van der Waals surface area contributed by atoms with Gasteiger partial charge in [-0.3, -0.25) is 0 Å². The average molecular weight is 362 g/mol. The maximum atomic E-state index is 8.89. The minimum atomic E-state index is -1.08. The summed E-state index contributed by atoms with van der Waals surface area (Å²) in [6.07, 6.45) is 5.55. The number of carboxylic acid groups (broad SMARTS) is 1. The smallest absolute Gasteiger partial charge is 0.176 e. The Kier molecular flexibility index (Phi) is 5.17. The summed E-state index contributed by atoms with van der Waals surface area (Å²) < 4.78 is 4.66. The van der Waals surface area contributed by atoms with Crippen LogP contribution in [0.2, 0.25) is 0 Å². The number of hydrogen-bond acceptors (Lipinski definition) is 2. The average Bonchev–Trinajstić information content (AvgIpc) is 2.95. The fourth-order valence-corrected chi connectivity index (χ4v) is 4.01. The Labute approximate surface area is 159 Å². The molecule has 0 N–H and O–H groups in total. The third kappa shape index (κ3) is 3.27. The van der Waals surface area contributed by atoms with E-state index in [0.717, 1.165) is 19.9 Å². The molecule has 0 aliphatic carbocycles. The lowest BCUT2D eigenvalue weighted by Gasteiger charge is -2.11. The molecule has 0 saturated carbocycles.